The van der Waals surface area contributed by atoms with Crippen LogP contribution in [0.3, 0.4) is 0 Å². The number of hydrogen-bond acceptors (Lipinski definition) is 4. The van der Waals surface area contributed by atoms with E-state index in [1.165, 1.54) is 0 Å². The summed E-state index contributed by atoms with van der Waals surface area (Å²) < 4.78 is 0. The smallest absolute Gasteiger partial charge is 0.309 e. The number of nitrogens with zero attached hydrogens (tertiary/aromatic N) is 2. The molecule has 23 heavy (non-hydrogen) atoms. The SMILES string of the molecule is CN1C(=O)C[C@H](C(=O)O)C12CCN(C(=O)Cc1cccs1)CC2. The molecule has 1 spiro atoms. The normalized spacial score (nSPS) is 23.5. The molecule has 1 N–H and O–H groups in total. The fourth-order valence-corrected chi connectivity index (χ4v) is 4.50. The maximum atomic E-state index is 12.4. The molecule has 0 bridgehead atoms. The molecule has 2 aliphatic heterocycles. The number of likely N-dealkylation sites (tertiary alicyclic amines) is 2. The lowest BCUT2D eigenvalue weighted by atomic mass is 9.77. The molecule has 0 radical (unpaired) electrons. The van der Waals surface area contributed by atoms with Crippen molar-refractivity contribution in [3.63, 3.8) is 0 Å². The molecule has 1 aromatic rings. The fourth-order valence-electron chi connectivity index (χ4n) is 3.80. The van der Waals surface area contributed by atoms with Gasteiger partial charge >= 0.3 is 5.97 Å². The summed E-state index contributed by atoms with van der Waals surface area (Å²) >= 11 is 1.56. The molecule has 0 saturated carbocycles. The monoisotopic (exact) mass is 336 g/mol. The van der Waals surface area contributed by atoms with Gasteiger partial charge in [-0.15, -0.1) is 11.3 Å². The molecule has 2 aliphatic rings. The lowest BCUT2D eigenvalue weighted by Gasteiger charge is -2.45. The molecule has 1 aromatic heterocycles. The summed E-state index contributed by atoms with van der Waals surface area (Å²) in [6.45, 7) is 1.01. The quantitative estimate of drug-likeness (QED) is 0.900. The second kappa shape index (κ2) is 5.96. The lowest BCUT2D eigenvalue weighted by molar-refractivity contribution is -0.146. The Kier molecular flexibility index (Phi) is 4.14. The molecule has 2 fully saturated rings. The molecule has 2 saturated heterocycles. The van der Waals surface area contributed by atoms with E-state index in [1.54, 1.807) is 28.2 Å². The van der Waals surface area contributed by atoms with Gasteiger partial charge in [0.25, 0.3) is 0 Å². The minimum Gasteiger partial charge on any atom is -0.481 e. The van der Waals surface area contributed by atoms with Crippen molar-refractivity contribution in [2.45, 2.75) is 31.2 Å². The number of thiophene rings is 1. The van der Waals surface area contributed by atoms with Gasteiger partial charge < -0.3 is 14.9 Å². The van der Waals surface area contributed by atoms with Crippen molar-refractivity contribution >= 4 is 29.1 Å². The largest absolute Gasteiger partial charge is 0.481 e. The summed E-state index contributed by atoms with van der Waals surface area (Å²) in [5, 5.41) is 11.4. The van der Waals surface area contributed by atoms with Crippen molar-refractivity contribution in [2.24, 2.45) is 5.92 Å². The van der Waals surface area contributed by atoms with E-state index in [1.807, 2.05) is 17.5 Å². The van der Waals surface area contributed by atoms with Crippen molar-refractivity contribution < 1.29 is 19.5 Å². The minimum absolute atomic E-state index is 0.0645. The number of carboxylic acids is 1. The molecule has 3 rings (SSSR count). The highest BCUT2D eigenvalue weighted by molar-refractivity contribution is 7.10. The van der Waals surface area contributed by atoms with E-state index >= 15 is 0 Å². The highest BCUT2D eigenvalue weighted by atomic mass is 32.1. The second-order valence-electron chi connectivity index (χ2n) is 6.29. The average Bonchev–Trinajstić information content (AvgIpc) is 3.11. The Morgan fingerprint density at radius 2 is 2.09 bits per heavy atom. The molecule has 0 unspecified atom stereocenters. The van der Waals surface area contributed by atoms with Crippen molar-refractivity contribution in [3.8, 4) is 0 Å². The maximum absolute atomic E-state index is 12.4. The highest BCUT2D eigenvalue weighted by Gasteiger charge is 2.55. The van der Waals surface area contributed by atoms with E-state index in [2.05, 4.69) is 0 Å². The number of carbonyl (C=O) groups is 3. The van der Waals surface area contributed by atoms with Gasteiger partial charge in [-0.3, -0.25) is 14.4 Å². The number of rotatable bonds is 3. The number of hydrogen-bond donors (Lipinski definition) is 1. The van der Waals surface area contributed by atoms with Crippen molar-refractivity contribution in [1.29, 1.82) is 0 Å². The molecule has 7 heteroatoms. The van der Waals surface area contributed by atoms with E-state index in [0.717, 1.165) is 4.88 Å². The zero-order chi connectivity index (χ0) is 16.6. The van der Waals surface area contributed by atoms with Crippen LogP contribution in [-0.2, 0) is 20.8 Å². The van der Waals surface area contributed by atoms with Crippen LogP contribution in [0, 0.1) is 5.92 Å². The van der Waals surface area contributed by atoms with Crippen molar-refractivity contribution in [3.05, 3.63) is 22.4 Å². The molecular weight excluding hydrogens is 316 g/mol. The number of amides is 2. The zero-order valence-electron chi connectivity index (χ0n) is 13.0. The predicted molar refractivity (Wildman–Crippen MR) is 85.1 cm³/mol. The van der Waals surface area contributed by atoms with Crippen LogP contribution in [0.2, 0.25) is 0 Å². The first kappa shape index (κ1) is 16.0. The standard InChI is InChI=1S/C16H20N2O4S/c1-17-13(19)10-12(15(21)22)16(17)4-6-18(7-5-16)14(20)9-11-3-2-8-23-11/h2-3,8,12H,4-7,9-10H2,1H3,(H,21,22)/t12-/m1/s1. The Morgan fingerprint density at radius 1 is 1.39 bits per heavy atom. The van der Waals surface area contributed by atoms with Crippen LogP contribution in [0.15, 0.2) is 17.5 Å². The van der Waals surface area contributed by atoms with Crippen LogP contribution in [0.4, 0.5) is 0 Å². The number of piperidine rings is 1. The van der Waals surface area contributed by atoms with Crippen LogP contribution in [0.5, 0.6) is 0 Å². The van der Waals surface area contributed by atoms with Crippen molar-refractivity contribution in [1.82, 2.24) is 9.80 Å². The van der Waals surface area contributed by atoms with Gasteiger partial charge in [0.1, 0.15) is 0 Å². The first-order chi connectivity index (χ1) is 10.9. The van der Waals surface area contributed by atoms with E-state index < -0.39 is 17.4 Å². The Balaban J connectivity index is 1.68. The highest BCUT2D eigenvalue weighted by Crippen LogP contribution is 2.42. The molecule has 3 heterocycles. The minimum atomic E-state index is -0.916. The molecule has 6 nitrogen and oxygen atoms in total. The van der Waals surface area contributed by atoms with Gasteiger partial charge in [0.15, 0.2) is 0 Å². The van der Waals surface area contributed by atoms with Crippen LogP contribution in [0.1, 0.15) is 24.1 Å². The molecule has 0 aromatic carbocycles. The van der Waals surface area contributed by atoms with E-state index in [4.69, 9.17) is 0 Å². The maximum Gasteiger partial charge on any atom is 0.309 e. The summed E-state index contributed by atoms with van der Waals surface area (Å²) in [6.07, 6.45) is 1.52. The number of carboxylic acid groups (broad SMARTS) is 1. The van der Waals surface area contributed by atoms with Gasteiger partial charge in [-0.25, -0.2) is 0 Å². The summed E-state index contributed by atoms with van der Waals surface area (Å²) in [4.78, 5) is 40.3. The van der Waals surface area contributed by atoms with Crippen LogP contribution in [-0.4, -0.2) is 58.4 Å². The summed E-state index contributed by atoms with van der Waals surface area (Å²) in [7, 11) is 1.69. The third kappa shape index (κ3) is 2.73. The molecule has 0 aliphatic carbocycles. The van der Waals surface area contributed by atoms with Gasteiger partial charge in [-0.1, -0.05) is 6.07 Å². The zero-order valence-corrected chi connectivity index (χ0v) is 13.8. The van der Waals surface area contributed by atoms with Gasteiger partial charge in [-0.2, -0.15) is 0 Å². The Hall–Kier alpha value is -1.89. The van der Waals surface area contributed by atoms with E-state index in [0.29, 0.717) is 32.4 Å². The first-order valence-corrected chi connectivity index (χ1v) is 8.61. The van der Waals surface area contributed by atoms with Crippen molar-refractivity contribution in [2.75, 3.05) is 20.1 Å². The third-order valence-corrected chi connectivity index (χ3v) is 6.13. The van der Waals surface area contributed by atoms with Crippen LogP contribution < -0.4 is 0 Å². The van der Waals surface area contributed by atoms with Crippen LogP contribution >= 0.6 is 11.3 Å². The average molecular weight is 336 g/mol. The predicted octanol–water partition coefficient (Wildman–Crippen LogP) is 1.21. The Bertz CT molecular complexity index is 620. The topological polar surface area (TPSA) is 77.9 Å². The lowest BCUT2D eigenvalue weighted by Crippen LogP contribution is -2.57. The number of aliphatic carboxylic acids is 1. The summed E-state index contributed by atoms with van der Waals surface area (Å²) in [5.41, 5.74) is -0.636. The summed E-state index contributed by atoms with van der Waals surface area (Å²) in [5.74, 6) is -1.63. The summed E-state index contributed by atoms with van der Waals surface area (Å²) in [6, 6.07) is 3.87. The van der Waals surface area contributed by atoms with Gasteiger partial charge in [0.2, 0.25) is 11.8 Å². The molecule has 124 valence electrons. The number of carbonyl (C=O) groups excluding carboxylic acids is 2. The van der Waals surface area contributed by atoms with Gasteiger partial charge in [0, 0.05) is 31.4 Å². The Morgan fingerprint density at radius 3 is 2.65 bits per heavy atom. The molecular formula is C16H20N2O4S. The molecule has 2 amide bonds. The first-order valence-electron chi connectivity index (χ1n) is 7.74. The molecule has 1 atom stereocenters. The van der Waals surface area contributed by atoms with E-state index in [9.17, 15) is 19.5 Å². The second-order valence-corrected chi connectivity index (χ2v) is 7.32. The van der Waals surface area contributed by atoms with Crippen LogP contribution in [0.25, 0.3) is 0 Å². The van der Waals surface area contributed by atoms with E-state index in [-0.39, 0.29) is 18.2 Å². The Labute approximate surface area is 138 Å². The van der Waals surface area contributed by atoms with Gasteiger partial charge in [-0.05, 0) is 24.3 Å². The van der Waals surface area contributed by atoms with Gasteiger partial charge in [0.05, 0.1) is 17.9 Å². The fraction of sp³-hybridized carbons (Fsp3) is 0.562. The third-order valence-electron chi connectivity index (χ3n) is 5.26.